The van der Waals surface area contributed by atoms with Crippen molar-refractivity contribution in [1.29, 1.82) is 0 Å². The summed E-state index contributed by atoms with van der Waals surface area (Å²) >= 11 is 0. The van der Waals surface area contributed by atoms with E-state index < -0.39 is 5.82 Å². The lowest BCUT2D eigenvalue weighted by atomic mass is 10.0. The first-order chi connectivity index (χ1) is 13.4. The Kier molecular flexibility index (Phi) is 4.28. The fourth-order valence-corrected chi connectivity index (χ4v) is 3.40. The predicted octanol–water partition coefficient (Wildman–Crippen LogP) is 5.28. The lowest BCUT2D eigenvalue weighted by Crippen LogP contribution is -1.97. The predicted molar refractivity (Wildman–Crippen MR) is 107 cm³/mol. The average Bonchev–Trinajstić information content (AvgIpc) is 3.00. The molecule has 1 heterocycles. The molecule has 0 aliphatic rings. The molecule has 0 saturated heterocycles. The summed E-state index contributed by atoms with van der Waals surface area (Å²) in [5, 5.41) is 28.8. The third-order valence-electron chi connectivity index (χ3n) is 4.78. The van der Waals surface area contributed by atoms with Gasteiger partial charge in [-0.2, -0.15) is 0 Å². The topological polar surface area (TPSA) is 65.6 Å². The van der Waals surface area contributed by atoms with Crippen LogP contribution >= 0.6 is 0 Å². The van der Waals surface area contributed by atoms with Crippen LogP contribution in [-0.4, -0.2) is 19.9 Å². The van der Waals surface area contributed by atoms with E-state index in [1.54, 1.807) is 54.6 Å². The van der Waals surface area contributed by atoms with E-state index in [2.05, 4.69) is 0 Å². The van der Waals surface area contributed by atoms with Crippen LogP contribution in [0, 0.1) is 5.82 Å². The normalized spacial score (nSPS) is 10.9. The van der Waals surface area contributed by atoms with Gasteiger partial charge in [-0.05, 0) is 65.7 Å². The Morgan fingerprint density at radius 3 is 1.75 bits per heavy atom. The summed E-state index contributed by atoms with van der Waals surface area (Å²) in [6.07, 6.45) is 0. The summed E-state index contributed by atoms with van der Waals surface area (Å²) < 4.78 is 16.6. The molecule has 1 aromatic heterocycles. The Hall–Kier alpha value is -3.73. The molecule has 3 aromatic carbocycles. The van der Waals surface area contributed by atoms with E-state index in [1.165, 1.54) is 6.07 Å². The van der Waals surface area contributed by atoms with Crippen molar-refractivity contribution in [2.24, 2.45) is 7.05 Å². The average molecular weight is 375 g/mol. The lowest BCUT2D eigenvalue weighted by Gasteiger charge is -2.12. The molecule has 0 unspecified atom stereocenters. The van der Waals surface area contributed by atoms with E-state index in [1.807, 2.05) is 17.7 Å². The number of hydrogen-bond donors (Lipinski definition) is 3. The number of phenolic OH excluding ortho intramolecular Hbond substituents is 3. The number of nitrogens with zero attached hydrogens (tertiary/aromatic N) is 1. The van der Waals surface area contributed by atoms with Gasteiger partial charge in [0.1, 0.15) is 23.1 Å². The minimum Gasteiger partial charge on any atom is -0.508 e. The highest BCUT2D eigenvalue weighted by molar-refractivity contribution is 5.87. The van der Waals surface area contributed by atoms with Gasteiger partial charge in [-0.15, -0.1) is 0 Å². The van der Waals surface area contributed by atoms with Crippen LogP contribution in [0.4, 0.5) is 4.39 Å². The first-order valence-electron chi connectivity index (χ1n) is 8.71. The van der Waals surface area contributed by atoms with Crippen molar-refractivity contribution in [2.45, 2.75) is 0 Å². The summed E-state index contributed by atoms with van der Waals surface area (Å²) in [5.41, 5.74) is 4.31. The smallest absolute Gasteiger partial charge is 0.136 e. The zero-order chi connectivity index (χ0) is 19.8. The van der Waals surface area contributed by atoms with Gasteiger partial charge in [0, 0.05) is 29.9 Å². The van der Waals surface area contributed by atoms with Crippen molar-refractivity contribution in [3.63, 3.8) is 0 Å². The maximum absolute atomic E-state index is 14.7. The van der Waals surface area contributed by atoms with E-state index in [0.29, 0.717) is 11.3 Å². The van der Waals surface area contributed by atoms with Crippen molar-refractivity contribution in [2.75, 3.05) is 0 Å². The molecular weight excluding hydrogens is 357 g/mol. The fourth-order valence-electron chi connectivity index (χ4n) is 3.40. The first kappa shape index (κ1) is 17.7. The molecule has 0 aliphatic carbocycles. The largest absolute Gasteiger partial charge is 0.508 e. The van der Waals surface area contributed by atoms with Crippen LogP contribution in [0.3, 0.4) is 0 Å². The number of benzene rings is 3. The molecule has 5 heteroatoms. The van der Waals surface area contributed by atoms with Crippen molar-refractivity contribution in [3.05, 3.63) is 78.6 Å². The van der Waals surface area contributed by atoms with Crippen LogP contribution in [0.2, 0.25) is 0 Å². The minimum absolute atomic E-state index is 0.139. The molecular formula is C23H18FNO3. The maximum atomic E-state index is 14.7. The monoisotopic (exact) mass is 375 g/mol. The zero-order valence-corrected chi connectivity index (χ0v) is 15.1. The van der Waals surface area contributed by atoms with Crippen LogP contribution in [0.5, 0.6) is 17.2 Å². The highest BCUT2D eigenvalue weighted by Gasteiger charge is 2.20. The van der Waals surface area contributed by atoms with Crippen molar-refractivity contribution in [3.8, 4) is 50.9 Å². The van der Waals surface area contributed by atoms with Crippen molar-refractivity contribution in [1.82, 2.24) is 4.57 Å². The number of hydrogen-bond acceptors (Lipinski definition) is 3. The number of phenols is 3. The maximum Gasteiger partial charge on any atom is 0.136 e. The first-order valence-corrected chi connectivity index (χ1v) is 8.71. The van der Waals surface area contributed by atoms with E-state index in [4.69, 9.17) is 0 Å². The Morgan fingerprint density at radius 2 is 1.18 bits per heavy atom. The van der Waals surface area contributed by atoms with Crippen LogP contribution in [0.15, 0.2) is 72.8 Å². The molecule has 0 spiro atoms. The van der Waals surface area contributed by atoms with Gasteiger partial charge >= 0.3 is 0 Å². The summed E-state index contributed by atoms with van der Waals surface area (Å²) in [6.45, 7) is 0. The highest BCUT2D eigenvalue weighted by atomic mass is 19.1. The van der Waals surface area contributed by atoms with E-state index in [0.717, 1.165) is 28.5 Å². The molecule has 140 valence electrons. The third kappa shape index (κ3) is 3.07. The summed E-state index contributed by atoms with van der Waals surface area (Å²) in [5.74, 6) is -0.351. The molecule has 4 rings (SSSR count). The highest BCUT2D eigenvalue weighted by Crippen LogP contribution is 2.40. The molecule has 4 aromatic rings. The molecule has 0 fully saturated rings. The second kappa shape index (κ2) is 6.78. The van der Waals surface area contributed by atoms with Gasteiger partial charge < -0.3 is 19.9 Å². The van der Waals surface area contributed by atoms with Crippen molar-refractivity contribution >= 4 is 0 Å². The van der Waals surface area contributed by atoms with E-state index in [9.17, 15) is 19.7 Å². The number of rotatable bonds is 3. The fraction of sp³-hybridized carbons (Fsp3) is 0.0435. The van der Waals surface area contributed by atoms with Gasteiger partial charge in [0.15, 0.2) is 0 Å². The Morgan fingerprint density at radius 1 is 0.643 bits per heavy atom. The molecule has 28 heavy (non-hydrogen) atoms. The molecule has 0 amide bonds. The molecule has 0 bridgehead atoms. The SMILES string of the molecule is Cn1c(-c2ccc(O)cc2)cc(-c2ccc(O)cc2)c1-c1ccc(O)cc1F. The van der Waals surface area contributed by atoms with Gasteiger partial charge in [0.05, 0.1) is 5.69 Å². The number of aromatic nitrogens is 1. The van der Waals surface area contributed by atoms with Crippen LogP contribution in [0.1, 0.15) is 0 Å². The van der Waals surface area contributed by atoms with Crippen molar-refractivity contribution < 1.29 is 19.7 Å². The quantitative estimate of drug-likeness (QED) is 0.456. The molecule has 0 radical (unpaired) electrons. The van der Waals surface area contributed by atoms with Crippen LogP contribution < -0.4 is 0 Å². The third-order valence-corrected chi connectivity index (χ3v) is 4.78. The zero-order valence-electron chi connectivity index (χ0n) is 15.1. The number of aromatic hydroxyl groups is 3. The van der Waals surface area contributed by atoms with Gasteiger partial charge in [-0.25, -0.2) is 4.39 Å². The summed E-state index contributed by atoms with van der Waals surface area (Å²) in [6, 6.07) is 19.5. The van der Waals surface area contributed by atoms with E-state index in [-0.39, 0.29) is 17.2 Å². The van der Waals surface area contributed by atoms with Gasteiger partial charge in [0.2, 0.25) is 0 Å². The van der Waals surface area contributed by atoms with E-state index >= 15 is 0 Å². The number of halogens is 1. The Labute approximate surface area is 161 Å². The minimum atomic E-state index is -0.529. The molecule has 0 atom stereocenters. The Balaban J connectivity index is 1.99. The van der Waals surface area contributed by atoms with Crippen LogP contribution in [-0.2, 0) is 7.05 Å². The van der Waals surface area contributed by atoms with Gasteiger partial charge in [0.25, 0.3) is 0 Å². The molecule has 4 nitrogen and oxygen atoms in total. The molecule has 0 saturated carbocycles. The van der Waals surface area contributed by atoms with Crippen LogP contribution in [0.25, 0.3) is 33.6 Å². The molecule has 3 N–H and O–H groups in total. The second-order valence-corrected chi connectivity index (χ2v) is 6.61. The second-order valence-electron chi connectivity index (χ2n) is 6.61. The lowest BCUT2D eigenvalue weighted by molar-refractivity contribution is 0.469. The summed E-state index contributed by atoms with van der Waals surface area (Å²) in [4.78, 5) is 0. The molecule has 0 aliphatic heterocycles. The summed E-state index contributed by atoms with van der Waals surface area (Å²) in [7, 11) is 1.84. The Bertz CT molecular complexity index is 1150. The van der Waals surface area contributed by atoms with Gasteiger partial charge in [-0.1, -0.05) is 12.1 Å². The van der Waals surface area contributed by atoms with Gasteiger partial charge in [-0.3, -0.25) is 0 Å². The standard InChI is InChI=1S/C23H18FNO3/c1-25-22(15-4-8-17(27)9-5-15)13-20(14-2-6-16(26)7-3-14)23(25)19-11-10-18(28)12-21(19)24/h2-13,26-28H,1H3.